The third kappa shape index (κ3) is 2.83. The number of benzene rings is 2. The van der Waals surface area contributed by atoms with E-state index in [2.05, 4.69) is 64.6 Å². The zero-order valence-corrected chi connectivity index (χ0v) is 14.5. The summed E-state index contributed by atoms with van der Waals surface area (Å²) < 4.78 is 0. The molecular weight excluding hydrogens is 306 g/mol. The number of nitrogens with one attached hydrogen (secondary N) is 1. The van der Waals surface area contributed by atoms with Crippen LogP contribution >= 0.6 is 0 Å². The maximum atomic E-state index is 6.44. The molecule has 3 N–H and O–H groups in total. The van der Waals surface area contributed by atoms with E-state index in [4.69, 9.17) is 5.73 Å². The fraction of sp³-hybridized carbons (Fsp3) is 0.136. The Bertz CT molecular complexity index is 1020. The lowest BCUT2D eigenvalue weighted by Crippen LogP contribution is -2.29. The van der Waals surface area contributed by atoms with E-state index in [1.54, 1.807) is 0 Å². The summed E-state index contributed by atoms with van der Waals surface area (Å²) in [5.74, 6) is 0. The van der Waals surface area contributed by atoms with Crippen LogP contribution in [0.2, 0.25) is 0 Å². The molecule has 2 heterocycles. The summed E-state index contributed by atoms with van der Waals surface area (Å²) in [5.41, 5.74) is 12.8. The summed E-state index contributed by atoms with van der Waals surface area (Å²) in [6.45, 7) is 4.09. The van der Waals surface area contributed by atoms with Crippen LogP contribution in [-0.2, 0) is 5.54 Å². The maximum absolute atomic E-state index is 6.44. The average Bonchev–Trinajstić information content (AvgIpc) is 3.10. The molecule has 0 atom stereocenters. The number of H-pyrrole nitrogens is 1. The molecule has 4 aromatic rings. The van der Waals surface area contributed by atoms with E-state index in [0.717, 1.165) is 16.6 Å². The average molecular weight is 327 g/mol. The van der Waals surface area contributed by atoms with Crippen LogP contribution in [0.3, 0.4) is 0 Å². The Morgan fingerprint density at radius 2 is 1.68 bits per heavy atom. The number of rotatable bonds is 3. The standard InChI is InChI=1S/C22H21N3/c1-22(2,23)20-9-8-16(14-19(20)15-6-4-3-5-7-15)17-10-12-24-21-18(17)11-13-25-21/h3-14H,23H2,1-2H3,(H,24,25). The molecule has 0 aliphatic carbocycles. The fourth-order valence-corrected chi connectivity index (χ4v) is 3.34. The summed E-state index contributed by atoms with van der Waals surface area (Å²) in [5, 5.41) is 1.13. The van der Waals surface area contributed by atoms with Gasteiger partial charge in [0.2, 0.25) is 0 Å². The molecule has 0 saturated carbocycles. The lowest BCUT2D eigenvalue weighted by atomic mass is 9.85. The number of nitrogens with zero attached hydrogens (tertiary/aromatic N) is 1. The lowest BCUT2D eigenvalue weighted by Gasteiger charge is -2.24. The van der Waals surface area contributed by atoms with E-state index in [9.17, 15) is 0 Å². The molecule has 2 aromatic carbocycles. The third-order valence-corrected chi connectivity index (χ3v) is 4.57. The van der Waals surface area contributed by atoms with Crippen molar-refractivity contribution < 1.29 is 0 Å². The van der Waals surface area contributed by atoms with E-state index in [0.29, 0.717) is 0 Å². The van der Waals surface area contributed by atoms with Crippen LogP contribution in [0, 0.1) is 0 Å². The monoisotopic (exact) mass is 327 g/mol. The molecule has 0 fully saturated rings. The molecule has 0 spiro atoms. The second-order valence-electron chi connectivity index (χ2n) is 6.95. The molecular formula is C22H21N3. The Morgan fingerprint density at radius 1 is 0.880 bits per heavy atom. The van der Waals surface area contributed by atoms with Crippen molar-refractivity contribution in [2.45, 2.75) is 19.4 Å². The number of hydrogen-bond acceptors (Lipinski definition) is 2. The van der Waals surface area contributed by atoms with E-state index in [-0.39, 0.29) is 0 Å². The van der Waals surface area contributed by atoms with Gasteiger partial charge in [-0.15, -0.1) is 0 Å². The molecule has 0 saturated heterocycles. The Labute approximate surface area is 147 Å². The van der Waals surface area contributed by atoms with Crippen LogP contribution < -0.4 is 5.73 Å². The Kier molecular flexibility index (Phi) is 3.66. The van der Waals surface area contributed by atoms with Gasteiger partial charge in [-0.25, -0.2) is 4.98 Å². The molecule has 0 bridgehead atoms. The first-order chi connectivity index (χ1) is 12.0. The molecule has 0 amide bonds. The second kappa shape index (κ2) is 5.87. The number of nitrogens with two attached hydrogens (primary N) is 1. The zero-order valence-electron chi connectivity index (χ0n) is 14.5. The predicted octanol–water partition coefficient (Wildman–Crippen LogP) is 5.09. The van der Waals surface area contributed by atoms with Crippen molar-refractivity contribution >= 4 is 11.0 Å². The first-order valence-electron chi connectivity index (χ1n) is 8.45. The highest BCUT2D eigenvalue weighted by Gasteiger charge is 2.20. The van der Waals surface area contributed by atoms with Crippen molar-refractivity contribution in [2.24, 2.45) is 5.73 Å². The first kappa shape index (κ1) is 15.6. The molecule has 3 heteroatoms. The highest BCUT2D eigenvalue weighted by Crippen LogP contribution is 2.35. The minimum atomic E-state index is -0.411. The molecule has 3 nitrogen and oxygen atoms in total. The number of pyridine rings is 1. The lowest BCUT2D eigenvalue weighted by molar-refractivity contribution is 0.556. The molecule has 0 aliphatic heterocycles. The van der Waals surface area contributed by atoms with Gasteiger partial charge in [-0.1, -0.05) is 42.5 Å². The van der Waals surface area contributed by atoms with Gasteiger partial charge in [-0.2, -0.15) is 0 Å². The van der Waals surface area contributed by atoms with Crippen molar-refractivity contribution in [1.29, 1.82) is 0 Å². The molecule has 25 heavy (non-hydrogen) atoms. The predicted molar refractivity (Wildman–Crippen MR) is 104 cm³/mol. The third-order valence-electron chi connectivity index (χ3n) is 4.57. The fourth-order valence-electron chi connectivity index (χ4n) is 3.34. The summed E-state index contributed by atoms with van der Waals surface area (Å²) in [6, 6.07) is 21.1. The Hall–Kier alpha value is -2.91. The van der Waals surface area contributed by atoms with Crippen LogP contribution in [0.25, 0.3) is 33.3 Å². The van der Waals surface area contributed by atoms with Gasteiger partial charge in [0.15, 0.2) is 0 Å². The first-order valence-corrected chi connectivity index (χ1v) is 8.45. The van der Waals surface area contributed by atoms with E-state index in [1.165, 1.54) is 22.3 Å². The molecule has 4 rings (SSSR count). The van der Waals surface area contributed by atoms with Crippen molar-refractivity contribution in [3.05, 3.63) is 78.6 Å². The number of fused-ring (bicyclic) bond motifs is 1. The van der Waals surface area contributed by atoms with Gasteiger partial charge in [0.05, 0.1) is 0 Å². The van der Waals surface area contributed by atoms with Crippen molar-refractivity contribution in [2.75, 3.05) is 0 Å². The highest BCUT2D eigenvalue weighted by atomic mass is 14.8. The van der Waals surface area contributed by atoms with Gasteiger partial charge < -0.3 is 10.7 Å². The van der Waals surface area contributed by atoms with E-state index in [1.807, 2.05) is 32.3 Å². The van der Waals surface area contributed by atoms with Crippen LogP contribution in [0.4, 0.5) is 0 Å². The van der Waals surface area contributed by atoms with Crippen LogP contribution in [0.15, 0.2) is 73.1 Å². The van der Waals surface area contributed by atoms with Crippen LogP contribution in [-0.4, -0.2) is 9.97 Å². The van der Waals surface area contributed by atoms with E-state index >= 15 is 0 Å². The van der Waals surface area contributed by atoms with Crippen molar-refractivity contribution in [3.63, 3.8) is 0 Å². The zero-order chi connectivity index (χ0) is 17.4. The largest absolute Gasteiger partial charge is 0.346 e. The summed E-state index contributed by atoms with van der Waals surface area (Å²) >= 11 is 0. The summed E-state index contributed by atoms with van der Waals surface area (Å²) in [4.78, 5) is 7.57. The maximum Gasteiger partial charge on any atom is 0.137 e. The molecule has 0 unspecified atom stereocenters. The topological polar surface area (TPSA) is 54.7 Å². The highest BCUT2D eigenvalue weighted by molar-refractivity contribution is 5.94. The van der Waals surface area contributed by atoms with Gasteiger partial charge in [0, 0.05) is 23.3 Å². The quantitative estimate of drug-likeness (QED) is 0.550. The Balaban J connectivity index is 1.96. The van der Waals surface area contributed by atoms with Crippen LogP contribution in [0.5, 0.6) is 0 Å². The minimum Gasteiger partial charge on any atom is -0.346 e. The second-order valence-corrected chi connectivity index (χ2v) is 6.95. The van der Waals surface area contributed by atoms with Gasteiger partial charge in [0.1, 0.15) is 5.65 Å². The van der Waals surface area contributed by atoms with Gasteiger partial charge >= 0.3 is 0 Å². The van der Waals surface area contributed by atoms with Crippen molar-refractivity contribution in [1.82, 2.24) is 9.97 Å². The molecule has 124 valence electrons. The Morgan fingerprint density at radius 3 is 2.44 bits per heavy atom. The molecule has 0 radical (unpaired) electrons. The minimum absolute atomic E-state index is 0.411. The number of aromatic amines is 1. The molecule has 2 aromatic heterocycles. The van der Waals surface area contributed by atoms with E-state index < -0.39 is 5.54 Å². The molecule has 0 aliphatic rings. The van der Waals surface area contributed by atoms with Gasteiger partial charge in [-0.3, -0.25) is 0 Å². The van der Waals surface area contributed by atoms with Gasteiger partial charge in [-0.05, 0) is 59.9 Å². The normalized spacial score (nSPS) is 11.8. The summed E-state index contributed by atoms with van der Waals surface area (Å²) in [7, 11) is 0. The van der Waals surface area contributed by atoms with Gasteiger partial charge in [0.25, 0.3) is 0 Å². The number of hydrogen-bond donors (Lipinski definition) is 2. The SMILES string of the molecule is CC(C)(N)c1ccc(-c2ccnc3[nH]ccc23)cc1-c1ccccc1. The smallest absolute Gasteiger partial charge is 0.137 e. The van der Waals surface area contributed by atoms with Crippen molar-refractivity contribution in [3.8, 4) is 22.3 Å². The van der Waals surface area contributed by atoms with Crippen LogP contribution in [0.1, 0.15) is 19.4 Å². The summed E-state index contributed by atoms with van der Waals surface area (Å²) in [6.07, 6.45) is 3.77. The number of aromatic nitrogens is 2.